The van der Waals surface area contributed by atoms with Crippen molar-refractivity contribution in [2.45, 2.75) is 30.6 Å². The van der Waals surface area contributed by atoms with Gasteiger partial charge in [0.2, 0.25) is 10.0 Å². The third-order valence-corrected chi connectivity index (χ3v) is 9.00. The van der Waals surface area contributed by atoms with Crippen LogP contribution in [0.5, 0.6) is 0 Å². The van der Waals surface area contributed by atoms with Gasteiger partial charge in [0, 0.05) is 46.3 Å². The van der Waals surface area contributed by atoms with Crippen LogP contribution < -0.4 is 10.6 Å². The molecule has 2 aromatic carbocycles. The van der Waals surface area contributed by atoms with E-state index in [1.54, 1.807) is 26.2 Å². The minimum Gasteiger partial charge on any atom is -0.363 e. The first-order valence-corrected chi connectivity index (χ1v) is 12.8. The number of nitro groups is 1. The number of anilines is 1. The Hall–Kier alpha value is -3.18. The molecular weight excluding hydrogens is 458 g/mol. The number of hydrogen-bond donors (Lipinski definition) is 0. The molecule has 0 bridgehead atoms. The highest BCUT2D eigenvalue weighted by Crippen LogP contribution is 2.34. The predicted octanol–water partition coefficient (Wildman–Crippen LogP) is 2.17. The van der Waals surface area contributed by atoms with Crippen molar-refractivity contribution in [2.24, 2.45) is 14.1 Å². The van der Waals surface area contributed by atoms with Crippen molar-refractivity contribution in [3.63, 3.8) is 0 Å². The maximum Gasteiger partial charge on any atom is 0.328 e. The van der Waals surface area contributed by atoms with Gasteiger partial charge in [0.25, 0.3) is 5.69 Å². The second-order valence-corrected chi connectivity index (χ2v) is 11.0. The lowest BCUT2D eigenvalue weighted by Gasteiger charge is -2.35. The number of imidazole rings is 1. The van der Waals surface area contributed by atoms with E-state index in [-0.39, 0.29) is 24.5 Å². The van der Waals surface area contributed by atoms with Crippen LogP contribution in [0, 0.1) is 10.1 Å². The van der Waals surface area contributed by atoms with E-state index in [9.17, 15) is 23.3 Å². The summed E-state index contributed by atoms with van der Waals surface area (Å²) in [5.41, 5.74) is 3.46. The number of nitro benzene ring substituents is 1. The topological polar surface area (TPSA) is 111 Å². The summed E-state index contributed by atoms with van der Waals surface area (Å²) in [6.45, 7) is 1.08. The van der Waals surface area contributed by atoms with Gasteiger partial charge in [-0.1, -0.05) is 6.07 Å². The lowest BCUT2D eigenvalue weighted by atomic mass is 9.92. The van der Waals surface area contributed by atoms with Gasteiger partial charge in [-0.25, -0.2) is 13.2 Å². The molecule has 5 rings (SSSR count). The standard InChI is InChI=1S/C23H27N5O5S/c1-24-19-14-21(22(28(30)31)15-20(19)25(2)23(24)29)26-9-11-27(12-10-26)34(32,33)18-8-7-16-5-3-4-6-17(16)13-18/h7-8,13-15H,3-6,9-12H2,1-2H3. The molecule has 0 spiro atoms. The summed E-state index contributed by atoms with van der Waals surface area (Å²) in [4.78, 5) is 25.8. The molecule has 0 atom stereocenters. The van der Waals surface area contributed by atoms with Crippen molar-refractivity contribution in [3.05, 3.63) is 62.1 Å². The van der Waals surface area contributed by atoms with Crippen LogP contribution in [0.25, 0.3) is 11.0 Å². The monoisotopic (exact) mass is 485 g/mol. The number of sulfonamides is 1. The predicted molar refractivity (Wildman–Crippen MR) is 129 cm³/mol. The highest BCUT2D eigenvalue weighted by Gasteiger charge is 2.32. The van der Waals surface area contributed by atoms with Crippen LogP contribution in [0.4, 0.5) is 11.4 Å². The summed E-state index contributed by atoms with van der Waals surface area (Å²) >= 11 is 0. The van der Waals surface area contributed by atoms with Crippen molar-refractivity contribution in [1.29, 1.82) is 0 Å². The zero-order chi connectivity index (χ0) is 24.2. The molecule has 1 aromatic heterocycles. The fourth-order valence-electron chi connectivity index (χ4n) is 5.11. The van der Waals surface area contributed by atoms with Crippen LogP contribution in [0.1, 0.15) is 24.0 Å². The number of aryl methyl sites for hydroxylation is 4. The minimum absolute atomic E-state index is 0.0975. The van der Waals surface area contributed by atoms with E-state index >= 15 is 0 Å². The highest BCUT2D eigenvalue weighted by atomic mass is 32.2. The maximum absolute atomic E-state index is 13.3. The Kier molecular flexibility index (Phi) is 5.48. The SMILES string of the molecule is Cn1c(=O)n(C)c2cc([N+](=O)[O-])c(N3CCN(S(=O)(=O)c4ccc5c(c4)CCCC5)CC3)cc21. The van der Waals surface area contributed by atoms with Crippen molar-refractivity contribution in [2.75, 3.05) is 31.1 Å². The summed E-state index contributed by atoms with van der Waals surface area (Å²) in [6.07, 6.45) is 4.10. The summed E-state index contributed by atoms with van der Waals surface area (Å²) in [7, 11) is -0.437. The fourth-order valence-corrected chi connectivity index (χ4v) is 6.58. The van der Waals surface area contributed by atoms with Gasteiger partial charge in [0.15, 0.2) is 0 Å². The van der Waals surface area contributed by atoms with Crippen molar-refractivity contribution in [3.8, 4) is 0 Å². The third kappa shape index (κ3) is 3.59. The van der Waals surface area contributed by atoms with E-state index in [2.05, 4.69) is 0 Å². The summed E-state index contributed by atoms with van der Waals surface area (Å²) in [6, 6.07) is 8.51. The average molecular weight is 486 g/mol. The molecule has 0 saturated carbocycles. The molecule has 2 heterocycles. The zero-order valence-corrected chi connectivity index (χ0v) is 20.0. The number of fused-ring (bicyclic) bond motifs is 2. The number of nitrogens with zero attached hydrogens (tertiary/aromatic N) is 5. The fraction of sp³-hybridized carbons (Fsp3) is 0.435. The van der Waals surface area contributed by atoms with Crippen LogP contribution in [0.3, 0.4) is 0 Å². The van der Waals surface area contributed by atoms with Gasteiger partial charge in [0.1, 0.15) is 5.69 Å². The maximum atomic E-state index is 13.3. The van der Waals surface area contributed by atoms with Crippen molar-refractivity contribution < 1.29 is 13.3 Å². The van der Waals surface area contributed by atoms with Gasteiger partial charge in [-0.2, -0.15) is 4.31 Å². The number of rotatable bonds is 4. The Morgan fingerprint density at radius 3 is 2.15 bits per heavy atom. The molecule has 0 N–H and O–H groups in total. The van der Waals surface area contributed by atoms with Crippen LogP contribution in [0.2, 0.25) is 0 Å². The molecule has 34 heavy (non-hydrogen) atoms. The molecule has 11 heteroatoms. The van der Waals surface area contributed by atoms with Gasteiger partial charge in [-0.3, -0.25) is 19.2 Å². The van der Waals surface area contributed by atoms with Gasteiger partial charge >= 0.3 is 5.69 Å². The first-order chi connectivity index (χ1) is 16.2. The number of benzene rings is 2. The van der Waals surface area contributed by atoms with Gasteiger partial charge in [-0.15, -0.1) is 0 Å². The largest absolute Gasteiger partial charge is 0.363 e. The van der Waals surface area contributed by atoms with E-state index in [0.29, 0.717) is 34.7 Å². The van der Waals surface area contributed by atoms with Gasteiger partial charge in [-0.05, 0) is 55.0 Å². The Bertz CT molecular complexity index is 1470. The van der Waals surface area contributed by atoms with Gasteiger partial charge < -0.3 is 4.90 Å². The quantitative estimate of drug-likeness (QED) is 0.414. The van der Waals surface area contributed by atoms with E-state index in [0.717, 1.165) is 31.2 Å². The molecular formula is C23H27N5O5S. The molecule has 0 radical (unpaired) electrons. The summed E-state index contributed by atoms with van der Waals surface area (Å²) in [5, 5.41) is 11.8. The molecule has 2 aliphatic rings. The normalized spacial score (nSPS) is 17.2. The first-order valence-electron chi connectivity index (χ1n) is 11.4. The second-order valence-electron chi connectivity index (χ2n) is 9.02. The van der Waals surface area contributed by atoms with Gasteiger partial charge in [0.05, 0.1) is 20.9 Å². The Balaban J connectivity index is 1.42. The zero-order valence-electron chi connectivity index (χ0n) is 19.2. The lowest BCUT2D eigenvalue weighted by molar-refractivity contribution is -0.384. The third-order valence-electron chi connectivity index (χ3n) is 7.10. The molecule has 0 unspecified atom stereocenters. The Labute approximate surface area is 197 Å². The number of piperazine rings is 1. The molecule has 0 amide bonds. The minimum atomic E-state index is -3.65. The Morgan fingerprint density at radius 2 is 1.50 bits per heavy atom. The molecule has 180 valence electrons. The van der Waals surface area contributed by atoms with Crippen molar-refractivity contribution >= 4 is 32.4 Å². The molecule has 1 saturated heterocycles. The van der Waals surface area contributed by atoms with Crippen LogP contribution in [-0.4, -0.2) is 53.0 Å². The Morgan fingerprint density at radius 1 is 0.882 bits per heavy atom. The number of aromatic nitrogens is 2. The van der Waals surface area contributed by atoms with E-state index in [1.807, 2.05) is 17.0 Å². The molecule has 10 nitrogen and oxygen atoms in total. The molecule has 3 aromatic rings. The molecule has 1 aliphatic carbocycles. The first kappa shape index (κ1) is 22.6. The summed E-state index contributed by atoms with van der Waals surface area (Å²) < 4.78 is 30.9. The number of hydrogen-bond acceptors (Lipinski definition) is 6. The van der Waals surface area contributed by atoms with E-state index < -0.39 is 14.9 Å². The van der Waals surface area contributed by atoms with E-state index in [4.69, 9.17) is 0 Å². The van der Waals surface area contributed by atoms with Crippen molar-refractivity contribution in [1.82, 2.24) is 13.4 Å². The summed E-state index contributed by atoms with van der Waals surface area (Å²) in [5.74, 6) is 0. The second kappa shape index (κ2) is 8.24. The smallest absolute Gasteiger partial charge is 0.328 e. The molecule has 1 aliphatic heterocycles. The van der Waals surface area contributed by atoms with Crippen LogP contribution in [-0.2, 0) is 37.0 Å². The lowest BCUT2D eigenvalue weighted by Crippen LogP contribution is -2.48. The van der Waals surface area contributed by atoms with Crippen LogP contribution in [0.15, 0.2) is 40.0 Å². The average Bonchev–Trinajstić information content (AvgIpc) is 3.06. The highest BCUT2D eigenvalue weighted by molar-refractivity contribution is 7.89. The van der Waals surface area contributed by atoms with E-state index in [1.165, 1.54) is 25.1 Å². The van der Waals surface area contributed by atoms with Crippen LogP contribution >= 0.6 is 0 Å². The molecule has 1 fully saturated rings.